The van der Waals surface area contributed by atoms with Crippen LogP contribution in [0.2, 0.25) is 0 Å². The molecule has 216 valence electrons. The zero-order chi connectivity index (χ0) is 28.0. The number of amides is 1. The van der Waals surface area contributed by atoms with Gasteiger partial charge < -0.3 is 25.4 Å². The Kier molecular flexibility index (Phi) is 13.8. The van der Waals surface area contributed by atoms with Crippen LogP contribution in [0, 0.1) is 6.92 Å². The van der Waals surface area contributed by atoms with Crippen LogP contribution in [-0.2, 0) is 22.4 Å². The third-order valence-corrected chi connectivity index (χ3v) is 8.40. The molecule has 3 rings (SSSR count). The quantitative estimate of drug-likeness (QED) is 0.257. The Hall–Kier alpha value is -1.90. The fourth-order valence-electron chi connectivity index (χ4n) is 5.11. The van der Waals surface area contributed by atoms with Gasteiger partial charge in [0, 0.05) is 25.8 Å². The van der Waals surface area contributed by atoms with Crippen molar-refractivity contribution in [3.63, 3.8) is 0 Å². The summed E-state index contributed by atoms with van der Waals surface area (Å²) in [6.45, 7) is 6.04. The molecule has 0 aliphatic carbocycles. The summed E-state index contributed by atoms with van der Waals surface area (Å²) in [6.07, 6.45) is 8.37. The van der Waals surface area contributed by atoms with Crippen LogP contribution < -0.4 is 10.6 Å². The van der Waals surface area contributed by atoms with Crippen LogP contribution in [0.4, 0.5) is 0 Å². The summed E-state index contributed by atoms with van der Waals surface area (Å²) >= 11 is 1.67. The number of ether oxygens (including phenoxy) is 1. The molecular formula is C32H49N3O3S. The molecule has 0 bridgehead atoms. The van der Waals surface area contributed by atoms with Gasteiger partial charge in [0.2, 0.25) is 5.91 Å². The van der Waals surface area contributed by atoms with Gasteiger partial charge in [-0.15, -0.1) is 11.8 Å². The Morgan fingerprint density at radius 1 is 1.05 bits per heavy atom. The molecule has 6 nitrogen and oxygen atoms in total. The van der Waals surface area contributed by atoms with Crippen LogP contribution in [0.25, 0.3) is 0 Å². The van der Waals surface area contributed by atoms with E-state index in [2.05, 4.69) is 72.0 Å². The van der Waals surface area contributed by atoms with Crippen LogP contribution >= 0.6 is 11.8 Å². The zero-order valence-corrected chi connectivity index (χ0v) is 25.2. The fraction of sp³-hybridized carbons (Fsp3) is 0.594. The molecule has 1 amide bonds. The lowest BCUT2D eigenvalue weighted by Crippen LogP contribution is -2.29. The highest BCUT2D eigenvalue weighted by Gasteiger charge is 2.29. The van der Waals surface area contributed by atoms with Gasteiger partial charge in [0.1, 0.15) is 5.44 Å². The predicted molar refractivity (Wildman–Crippen MR) is 163 cm³/mol. The molecule has 3 unspecified atom stereocenters. The Bertz CT molecular complexity index is 1000. The number of carbonyl (C=O) groups excluding carboxylic acids is 1. The lowest BCUT2D eigenvalue weighted by molar-refractivity contribution is -0.121. The highest BCUT2D eigenvalue weighted by atomic mass is 32.2. The van der Waals surface area contributed by atoms with Gasteiger partial charge in [0.05, 0.1) is 12.2 Å². The third-order valence-electron chi connectivity index (χ3n) is 7.57. The van der Waals surface area contributed by atoms with Gasteiger partial charge >= 0.3 is 0 Å². The molecule has 1 saturated heterocycles. The second-order valence-corrected chi connectivity index (χ2v) is 11.9. The molecule has 2 aromatic carbocycles. The minimum Gasteiger partial charge on any atom is -0.393 e. The van der Waals surface area contributed by atoms with Gasteiger partial charge in [-0.3, -0.25) is 4.79 Å². The number of nitrogens with one attached hydrogen (secondary N) is 2. The highest BCUT2D eigenvalue weighted by Crippen LogP contribution is 2.35. The normalized spacial score (nSPS) is 19.4. The summed E-state index contributed by atoms with van der Waals surface area (Å²) in [5.41, 5.74) is 6.32. The van der Waals surface area contributed by atoms with Gasteiger partial charge in [0.25, 0.3) is 0 Å². The van der Waals surface area contributed by atoms with Crippen molar-refractivity contribution >= 4 is 17.7 Å². The van der Waals surface area contributed by atoms with E-state index in [9.17, 15) is 9.90 Å². The van der Waals surface area contributed by atoms with E-state index in [4.69, 9.17) is 4.74 Å². The van der Waals surface area contributed by atoms with E-state index in [-0.39, 0.29) is 23.6 Å². The van der Waals surface area contributed by atoms with Crippen molar-refractivity contribution in [3.05, 3.63) is 70.3 Å². The minimum absolute atomic E-state index is 0.0485. The summed E-state index contributed by atoms with van der Waals surface area (Å²) in [4.78, 5) is 14.5. The molecule has 1 aliphatic rings. The van der Waals surface area contributed by atoms with Crippen LogP contribution in [0.1, 0.15) is 72.4 Å². The van der Waals surface area contributed by atoms with Crippen molar-refractivity contribution in [1.82, 2.24) is 15.5 Å². The molecule has 0 aromatic heterocycles. The zero-order valence-electron chi connectivity index (χ0n) is 24.4. The molecule has 1 fully saturated rings. The molecule has 0 radical (unpaired) electrons. The van der Waals surface area contributed by atoms with Crippen molar-refractivity contribution in [2.75, 3.05) is 46.5 Å². The Morgan fingerprint density at radius 2 is 1.77 bits per heavy atom. The first-order valence-corrected chi connectivity index (χ1v) is 15.8. The van der Waals surface area contributed by atoms with Crippen LogP contribution in [-0.4, -0.2) is 74.0 Å². The predicted octanol–water partition coefficient (Wildman–Crippen LogP) is 4.86. The lowest BCUT2D eigenvalue weighted by Gasteiger charge is -2.32. The summed E-state index contributed by atoms with van der Waals surface area (Å²) in [5, 5.41) is 16.5. The number of hydrogen-bond donors (Lipinski definition) is 3. The molecule has 2 aromatic rings. The van der Waals surface area contributed by atoms with Gasteiger partial charge in [-0.2, -0.15) is 0 Å². The number of aliphatic hydroxyl groups is 1. The second kappa shape index (κ2) is 17.0. The van der Waals surface area contributed by atoms with Gasteiger partial charge in [0.15, 0.2) is 0 Å². The summed E-state index contributed by atoms with van der Waals surface area (Å²) in [7, 11) is 4.12. The first kappa shape index (κ1) is 31.6. The fourth-order valence-corrected chi connectivity index (χ4v) is 5.77. The van der Waals surface area contributed by atoms with E-state index in [1.54, 1.807) is 11.8 Å². The molecule has 0 saturated carbocycles. The molecule has 39 heavy (non-hydrogen) atoms. The van der Waals surface area contributed by atoms with Crippen molar-refractivity contribution in [2.24, 2.45) is 0 Å². The van der Waals surface area contributed by atoms with Crippen LogP contribution in [0.15, 0.2) is 42.5 Å². The number of benzene rings is 2. The number of nitrogens with zero attached hydrogens (tertiary/aromatic N) is 1. The minimum atomic E-state index is -0.310. The van der Waals surface area contributed by atoms with Crippen molar-refractivity contribution in [2.45, 2.75) is 75.9 Å². The van der Waals surface area contributed by atoms with Gasteiger partial charge in [-0.1, -0.05) is 42.5 Å². The number of hydrogen-bond acceptors (Lipinski definition) is 6. The van der Waals surface area contributed by atoms with Crippen molar-refractivity contribution in [3.8, 4) is 0 Å². The van der Waals surface area contributed by atoms with E-state index < -0.39 is 0 Å². The monoisotopic (exact) mass is 555 g/mol. The third kappa shape index (κ3) is 11.2. The topological polar surface area (TPSA) is 73.8 Å². The molecule has 3 atom stereocenters. The maximum atomic E-state index is 12.2. The Morgan fingerprint density at radius 3 is 2.49 bits per heavy atom. The van der Waals surface area contributed by atoms with Gasteiger partial charge in [-0.25, -0.2) is 0 Å². The van der Waals surface area contributed by atoms with Crippen molar-refractivity contribution < 1.29 is 14.6 Å². The first-order valence-electron chi connectivity index (χ1n) is 14.5. The molecule has 3 N–H and O–H groups in total. The number of aryl methyl sites for hydroxylation is 2. The maximum absolute atomic E-state index is 12.2. The van der Waals surface area contributed by atoms with E-state index in [0.717, 1.165) is 63.8 Å². The Balaban J connectivity index is 1.40. The largest absolute Gasteiger partial charge is 0.393 e. The average Bonchev–Trinajstić information content (AvgIpc) is 2.93. The van der Waals surface area contributed by atoms with E-state index in [1.807, 2.05) is 13.3 Å². The summed E-state index contributed by atoms with van der Waals surface area (Å²) in [6, 6.07) is 15.4. The molecule has 7 heteroatoms. The van der Waals surface area contributed by atoms with E-state index >= 15 is 0 Å². The van der Waals surface area contributed by atoms with Gasteiger partial charge in [-0.05, 0) is 107 Å². The molecular weight excluding hydrogens is 506 g/mol. The van der Waals surface area contributed by atoms with E-state index in [1.165, 1.54) is 22.3 Å². The SMILES string of the molecule is CNCCCN(C)CCCNC(=O)CCCc1ccc(Cc2cc(C3CC(O)CC(SC)O3)ccc2C)cc1. The molecule has 0 spiro atoms. The number of carbonyl (C=O) groups is 1. The van der Waals surface area contributed by atoms with Crippen LogP contribution in [0.5, 0.6) is 0 Å². The molecule has 1 aliphatic heterocycles. The average molecular weight is 556 g/mol. The standard InChI is InChI=1S/C32H49N3O3S/c1-24-10-15-27(30-22-29(36)23-32(38-30)39-4)21-28(24)20-26-13-11-25(12-14-26)8-5-9-31(37)34-17-7-19-35(3)18-6-16-33-2/h10-15,21,29-30,32-33,36H,5-9,16-20,22-23H2,1-4H3,(H,34,37). The number of rotatable bonds is 16. The first-order chi connectivity index (χ1) is 18.9. The smallest absolute Gasteiger partial charge is 0.220 e. The van der Waals surface area contributed by atoms with E-state index in [0.29, 0.717) is 19.3 Å². The Labute approximate surface area is 240 Å². The van der Waals surface area contributed by atoms with Crippen LogP contribution in [0.3, 0.4) is 0 Å². The summed E-state index contributed by atoms with van der Waals surface area (Å²) in [5.74, 6) is 0.151. The van der Waals surface area contributed by atoms with Crippen molar-refractivity contribution in [1.29, 1.82) is 0 Å². The lowest BCUT2D eigenvalue weighted by atomic mass is 9.93. The maximum Gasteiger partial charge on any atom is 0.220 e. The number of aliphatic hydroxyl groups excluding tert-OH is 1. The molecule has 1 heterocycles. The summed E-state index contributed by atoms with van der Waals surface area (Å²) < 4.78 is 6.23. The second-order valence-electron chi connectivity index (χ2n) is 10.9. The highest BCUT2D eigenvalue weighted by molar-refractivity contribution is 7.99. The number of thioether (sulfide) groups is 1.